The maximum atomic E-state index is 12.1. The summed E-state index contributed by atoms with van der Waals surface area (Å²) in [5.74, 6) is -0.0722. The number of nitrogens with one attached hydrogen (secondary N) is 1. The third-order valence-electron chi connectivity index (χ3n) is 4.12. The molecule has 2 rings (SSSR count). The number of hydrogen-bond acceptors (Lipinski definition) is 2. The van der Waals surface area contributed by atoms with Crippen LogP contribution in [0.4, 0.5) is 0 Å². The zero-order valence-electron chi connectivity index (χ0n) is 14.2. The van der Waals surface area contributed by atoms with Gasteiger partial charge in [-0.3, -0.25) is 9.69 Å². The van der Waals surface area contributed by atoms with Crippen molar-refractivity contribution in [3.05, 3.63) is 84.5 Å². The van der Waals surface area contributed by atoms with Crippen LogP contribution in [-0.4, -0.2) is 30.4 Å². The Morgan fingerprint density at radius 3 is 2.75 bits per heavy atom. The van der Waals surface area contributed by atoms with Crippen molar-refractivity contribution in [3.8, 4) is 0 Å². The van der Waals surface area contributed by atoms with E-state index in [0.29, 0.717) is 12.1 Å². The summed E-state index contributed by atoms with van der Waals surface area (Å²) >= 11 is 0. The molecule has 1 aliphatic heterocycles. The van der Waals surface area contributed by atoms with Crippen molar-refractivity contribution in [2.45, 2.75) is 19.4 Å². The molecule has 0 aromatic heterocycles. The van der Waals surface area contributed by atoms with E-state index < -0.39 is 0 Å². The number of nitrogens with zero attached hydrogens (tertiary/aromatic N) is 1. The van der Waals surface area contributed by atoms with Crippen molar-refractivity contribution >= 4 is 5.91 Å². The van der Waals surface area contributed by atoms with E-state index >= 15 is 0 Å². The number of rotatable bonds is 8. The highest BCUT2D eigenvalue weighted by molar-refractivity contribution is 5.96. The van der Waals surface area contributed by atoms with Gasteiger partial charge in [0.05, 0.1) is 0 Å². The summed E-state index contributed by atoms with van der Waals surface area (Å²) in [4.78, 5) is 14.6. The molecule has 1 N–H and O–H groups in total. The highest BCUT2D eigenvalue weighted by Gasteiger charge is 2.15. The zero-order chi connectivity index (χ0) is 17.2. The Morgan fingerprint density at radius 2 is 2.00 bits per heavy atom. The number of benzene rings is 1. The van der Waals surface area contributed by atoms with E-state index in [-0.39, 0.29) is 5.91 Å². The normalized spacial score (nSPS) is 15.1. The lowest BCUT2D eigenvalue weighted by molar-refractivity contribution is -0.117. The zero-order valence-corrected chi connectivity index (χ0v) is 14.2. The summed E-state index contributed by atoms with van der Waals surface area (Å²) in [6.07, 6.45) is 10.5. The van der Waals surface area contributed by atoms with Gasteiger partial charge in [-0.1, -0.05) is 61.7 Å². The summed E-state index contributed by atoms with van der Waals surface area (Å²) < 4.78 is 0. The number of fused-ring (bicyclic) bond motifs is 1. The third-order valence-corrected chi connectivity index (χ3v) is 4.12. The second-order valence-electron chi connectivity index (χ2n) is 5.86. The van der Waals surface area contributed by atoms with Crippen LogP contribution in [-0.2, 0) is 17.8 Å². The van der Waals surface area contributed by atoms with Crippen molar-refractivity contribution in [2.24, 2.45) is 0 Å². The molecule has 1 amide bonds. The molecule has 126 valence electrons. The molecule has 24 heavy (non-hydrogen) atoms. The molecule has 0 fully saturated rings. The number of hydrogen-bond donors (Lipinski definition) is 1. The second-order valence-corrected chi connectivity index (χ2v) is 5.86. The quantitative estimate of drug-likeness (QED) is 0.452. The van der Waals surface area contributed by atoms with E-state index in [0.717, 1.165) is 32.5 Å². The molecule has 1 aromatic carbocycles. The lowest BCUT2D eigenvalue weighted by Crippen LogP contribution is -2.34. The average molecular weight is 322 g/mol. The highest BCUT2D eigenvalue weighted by Crippen LogP contribution is 2.18. The van der Waals surface area contributed by atoms with Gasteiger partial charge in [0, 0.05) is 31.8 Å². The molecule has 0 saturated carbocycles. The number of allylic oxidation sites excluding steroid dienone is 4. The molecule has 1 aromatic rings. The maximum absolute atomic E-state index is 12.1. The summed E-state index contributed by atoms with van der Waals surface area (Å²) in [6, 6.07) is 8.64. The van der Waals surface area contributed by atoms with Gasteiger partial charge in [0.15, 0.2) is 0 Å². The third kappa shape index (κ3) is 5.36. The van der Waals surface area contributed by atoms with Gasteiger partial charge < -0.3 is 5.32 Å². The molecular weight excluding hydrogens is 296 g/mol. The van der Waals surface area contributed by atoms with Crippen molar-refractivity contribution in [2.75, 3.05) is 19.6 Å². The predicted octanol–water partition coefficient (Wildman–Crippen LogP) is 3.41. The fourth-order valence-electron chi connectivity index (χ4n) is 2.86. The van der Waals surface area contributed by atoms with Gasteiger partial charge in [0.2, 0.25) is 0 Å². The standard InChI is InChI=1S/C21H26N2O/c1-3-5-10-19(9-4-2)21(24)22-14-8-15-23-16-13-18-11-6-7-12-20(18)17-23/h3-7,9-12H,1-2,8,13-17H2,(H,22,24)/b10-5-,19-9+. The first-order valence-electron chi connectivity index (χ1n) is 8.43. The van der Waals surface area contributed by atoms with E-state index in [1.54, 1.807) is 30.4 Å². The van der Waals surface area contributed by atoms with Gasteiger partial charge in [0.1, 0.15) is 0 Å². The second kappa shape index (κ2) is 9.68. The first-order chi connectivity index (χ1) is 11.7. The number of amides is 1. The largest absolute Gasteiger partial charge is 0.352 e. The Hall–Kier alpha value is -2.39. The van der Waals surface area contributed by atoms with E-state index in [1.165, 1.54) is 11.1 Å². The Morgan fingerprint density at radius 1 is 1.21 bits per heavy atom. The Kier molecular flexibility index (Phi) is 7.24. The molecule has 1 heterocycles. The minimum atomic E-state index is -0.0722. The highest BCUT2D eigenvalue weighted by atomic mass is 16.1. The van der Waals surface area contributed by atoms with Crippen LogP contribution >= 0.6 is 0 Å². The minimum Gasteiger partial charge on any atom is -0.352 e. The van der Waals surface area contributed by atoms with Crippen LogP contribution in [0.3, 0.4) is 0 Å². The molecule has 0 aliphatic carbocycles. The molecule has 3 heteroatoms. The van der Waals surface area contributed by atoms with Crippen LogP contribution in [0.1, 0.15) is 17.5 Å². The SMILES string of the molecule is C=C/C=C\C(=C/C=C)C(=O)NCCCN1CCc2ccccc2C1. The van der Waals surface area contributed by atoms with Gasteiger partial charge in [0.25, 0.3) is 5.91 Å². The van der Waals surface area contributed by atoms with E-state index in [4.69, 9.17) is 0 Å². The molecule has 0 bridgehead atoms. The van der Waals surface area contributed by atoms with Crippen molar-refractivity contribution < 1.29 is 4.79 Å². The fraction of sp³-hybridized carbons (Fsp3) is 0.286. The Balaban J connectivity index is 1.74. The van der Waals surface area contributed by atoms with Gasteiger partial charge >= 0.3 is 0 Å². The Bertz CT molecular complexity index is 643. The monoisotopic (exact) mass is 322 g/mol. The molecule has 0 atom stereocenters. The maximum Gasteiger partial charge on any atom is 0.251 e. The van der Waals surface area contributed by atoms with E-state index in [9.17, 15) is 4.79 Å². The fourth-order valence-corrected chi connectivity index (χ4v) is 2.86. The van der Waals surface area contributed by atoms with Crippen LogP contribution in [0.2, 0.25) is 0 Å². The minimum absolute atomic E-state index is 0.0722. The first-order valence-corrected chi connectivity index (χ1v) is 8.43. The molecule has 3 nitrogen and oxygen atoms in total. The summed E-state index contributed by atoms with van der Waals surface area (Å²) in [5.41, 5.74) is 3.49. The lowest BCUT2D eigenvalue weighted by atomic mass is 10.00. The van der Waals surface area contributed by atoms with Gasteiger partial charge in [-0.25, -0.2) is 0 Å². The van der Waals surface area contributed by atoms with E-state index in [1.807, 2.05) is 0 Å². The van der Waals surface area contributed by atoms with Crippen molar-refractivity contribution in [1.29, 1.82) is 0 Å². The van der Waals surface area contributed by atoms with Gasteiger partial charge in [-0.15, -0.1) is 0 Å². The summed E-state index contributed by atoms with van der Waals surface area (Å²) in [6.45, 7) is 11.0. The lowest BCUT2D eigenvalue weighted by Gasteiger charge is -2.28. The van der Waals surface area contributed by atoms with Crippen molar-refractivity contribution in [1.82, 2.24) is 10.2 Å². The van der Waals surface area contributed by atoms with Crippen LogP contribution in [0, 0.1) is 0 Å². The van der Waals surface area contributed by atoms with Crippen LogP contribution in [0.5, 0.6) is 0 Å². The smallest absolute Gasteiger partial charge is 0.251 e. The molecule has 0 radical (unpaired) electrons. The average Bonchev–Trinajstić information content (AvgIpc) is 2.62. The molecule has 0 unspecified atom stereocenters. The molecule has 1 aliphatic rings. The number of carbonyl (C=O) groups is 1. The molecule has 0 saturated heterocycles. The van der Waals surface area contributed by atoms with Gasteiger partial charge in [-0.05, 0) is 30.0 Å². The predicted molar refractivity (Wildman–Crippen MR) is 101 cm³/mol. The topological polar surface area (TPSA) is 32.3 Å². The Labute approximate surface area is 145 Å². The molecular formula is C21H26N2O. The van der Waals surface area contributed by atoms with E-state index in [2.05, 4.69) is 47.6 Å². The number of carbonyl (C=O) groups excluding carboxylic acids is 1. The van der Waals surface area contributed by atoms with Crippen LogP contribution < -0.4 is 5.32 Å². The summed E-state index contributed by atoms with van der Waals surface area (Å²) in [5, 5.41) is 2.97. The van der Waals surface area contributed by atoms with Crippen molar-refractivity contribution in [3.63, 3.8) is 0 Å². The van der Waals surface area contributed by atoms with Crippen LogP contribution in [0.15, 0.2) is 73.4 Å². The van der Waals surface area contributed by atoms with Crippen LogP contribution in [0.25, 0.3) is 0 Å². The first kappa shape index (κ1) is 18.0. The summed E-state index contributed by atoms with van der Waals surface area (Å²) in [7, 11) is 0. The van der Waals surface area contributed by atoms with Gasteiger partial charge in [-0.2, -0.15) is 0 Å². The molecule has 0 spiro atoms.